The molecule has 1 aliphatic carbocycles. The number of nitrogens with one attached hydrogen (secondary N) is 1. The fourth-order valence-corrected chi connectivity index (χ4v) is 4.84. The number of ketones is 1. The Bertz CT molecular complexity index is 1330. The normalized spacial score (nSPS) is 13.5. The molecule has 0 radical (unpaired) electrons. The molecule has 31 heavy (non-hydrogen) atoms. The number of amides is 1. The summed E-state index contributed by atoms with van der Waals surface area (Å²) in [6, 6.07) is 6.85. The second-order valence-electron chi connectivity index (χ2n) is 7.90. The molecule has 1 N–H and O–H groups in total. The molecule has 0 saturated heterocycles. The molecule has 3 heterocycles. The Balaban J connectivity index is 1.38. The van der Waals surface area contributed by atoms with Crippen LogP contribution in [0.4, 0.5) is 5.69 Å². The highest BCUT2D eigenvalue weighted by Crippen LogP contribution is 2.40. The van der Waals surface area contributed by atoms with E-state index in [1.54, 1.807) is 48.3 Å². The highest BCUT2D eigenvalue weighted by molar-refractivity contribution is 7.20. The van der Waals surface area contributed by atoms with Crippen LogP contribution in [0.15, 0.2) is 36.7 Å². The van der Waals surface area contributed by atoms with Crippen molar-refractivity contribution in [3.8, 4) is 0 Å². The van der Waals surface area contributed by atoms with Crippen LogP contribution >= 0.6 is 11.3 Å². The lowest BCUT2D eigenvalue weighted by Gasteiger charge is -2.06. The summed E-state index contributed by atoms with van der Waals surface area (Å²) < 4.78 is 1.68. The fraction of sp³-hybridized carbons (Fsp3) is 0.261. The third-order valence-electron chi connectivity index (χ3n) is 5.57. The first-order valence-corrected chi connectivity index (χ1v) is 10.9. The van der Waals surface area contributed by atoms with Gasteiger partial charge in [0.1, 0.15) is 10.7 Å². The van der Waals surface area contributed by atoms with Crippen molar-refractivity contribution in [2.24, 2.45) is 7.05 Å². The van der Waals surface area contributed by atoms with Crippen LogP contribution in [-0.4, -0.2) is 31.2 Å². The van der Waals surface area contributed by atoms with Crippen molar-refractivity contribution in [1.29, 1.82) is 0 Å². The summed E-state index contributed by atoms with van der Waals surface area (Å²) in [6.45, 7) is 3.92. The zero-order chi connectivity index (χ0) is 21.7. The van der Waals surface area contributed by atoms with E-state index in [-0.39, 0.29) is 11.7 Å². The van der Waals surface area contributed by atoms with E-state index < -0.39 is 0 Å². The minimum Gasteiger partial charge on any atom is -0.331 e. The summed E-state index contributed by atoms with van der Waals surface area (Å²) in [6.07, 6.45) is 5.60. The Morgan fingerprint density at radius 2 is 1.87 bits per heavy atom. The minimum atomic E-state index is -0.184. The molecule has 0 bridgehead atoms. The largest absolute Gasteiger partial charge is 0.331 e. The van der Waals surface area contributed by atoms with E-state index in [2.05, 4.69) is 15.3 Å². The van der Waals surface area contributed by atoms with Gasteiger partial charge in [-0.25, -0.2) is 15.0 Å². The van der Waals surface area contributed by atoms with Gasteiger partial charge in [-0.05, 0) is 56.5 Å². The number of hydrogen-bond donors (Lipinski definition) is 1. The van der Waals surface area contributed by atoms with Gasteiger partial charge in [-0.15, -0.1) is 11.3 Å². The lowest BCUT2D eigenvalue weighted by atomic mass is 10.1. The Labute approximate surface area is 183 Å². The molecule has 4 aromatic rings. The molecule has 1 saturated carbocycles. The molecule has 8 heteroatoms. The maximum absolute atomic E-state index is 13.0. The number of fused-ring (bicyclic) bond motifs is 1. The average molecular weight is 432 g/mol. The van der Waals surface area contributed by atoms with Crippen LogP contribution in [0.1, 0.15) is 61.7 Å². The van der Waals surface area contributed by atoms with E-state index in [9.17, 15) is 9.59 Å². The van der Waals surface area contributed by atoms with Gasteiger partial charge in [0.2, 0.25) is 5.78 Å². The molecule has 0 aliphatic heterocycles. The van der Waals surface area contributed by atoms with Crippen molar-refractivity contribution < 1.29 is 9.59 Å². The summed E-state index contributed by atoms with van der Waals surface area (Å²) in [5.41, 5.74) is 2.97. The van der Waals surface area contributed by atoms with E-state index >= 15 is 0 Å². The van der Waals surface area contributed by atoms with E-state index in [1.165, 1.54) is 11.3 Å². The Morgan fingerprint density at radius 3 is 2.52 bits per heavy atom. The van der Waals surface area contributed by atoms with Crippen LogP contribution in [0, 0.1) is 13.8 Å². The van der Waals surface area contributed by atoms with E-state index in [0.29, 0.717) is 27.9 Å². The number of anilines is 1. The quantitative estimate of drug-likeness (QED) is 0.473. The van der Waals surface area contributed by atoms with Crippen LogP contribution < -0.4 is 5.32 Å². The lowest BCUT2D eigenvalue weighted by Crippen LogP contribution is -2.12. The van der Waals surface area contributed by atoms with Crippen molar-refractivity contribution in [3.05, 3.63) is 70.0 Å². The first-order chi connectivity index (χ1) is 14.9. The fourth-order valence-electron chi connectivity index (χ4n) is 3.71. The molecular formula is C23H21N5O2S. The molecule has 0 unspecified atom stereocenters. The first-order valence-electron chi connectivity index (χ1n) is 10.1. The Hall–Kier alpha value is -3.39. The van der Waals surface area contributed by atoms with Crippen molar-refractivity contribution in [3.63, 3.8) is 0 Å². The number of rotatable bonds is 5. The summed E-state index contributed by atoms with van der Waals surface area (Å²) in [5.74, 6) is 1.39. The van der Waals surface area contributed by atoms with Crippen molar-refractivity contribution >= 4 is 38.9 Å². The standard InChI is InChI=1S/C23H21N5O2S/c1-12-17-13(2)25-20(15-4-5-15)27-23(17)31-19(12)22(30)26-16-8-6-14(7-9-16)18(29)21-24-10-11-28(21)3/h6-11,15H,4-5H2,1-3H3,(H,26,30). The Morgan fingerprint density at radius 1 is 1.13 bits per heavy atom. The molecule has 1 aromatic carbocycles. The number of carbonyl (C=O) groups is 2. The second kappa shape index (κ2) is 7.39. The van der Waals surface area contributed by atoms with Crippen LogP contribution in [0.25, 0.3) is 10.2 Å². The van der Waals surface area contributed by atoms with Crippen LogP contribution in [0.5, 0.6) is 0 Å². The number of imidazole rings is 1. The van der Waals surface area contributed by atoms with E-state index in [4.69, 9.17) is 4.98 Å². The molecule has 5 rings (SSSR count). The molecule has 1 fully saturated rings. The maximum Gasteiger partial charge on any atom is 0.266 e. The average Bonchev–Trinajstić information content (AvgIpc) is 3.43. The van der Waals surface area contributed by atoms with Gasteiger partial charge in [-0.2, -0.15) is 0 Å². The highest BCUT2D eigenvalue weighted by Gasteiger charge is 2.28. The zero-order valence-electron chi connectivity index (χ0n) is 17.5. The summed E-state index contributed by atoms with van der Waals surface area (Å²) in [7, 11) is 1.78. The van der Waals surface area contributed by atoms with Crippen molar-refractivity contribution in [2.45, 2.75) is 32.6 Å². The van der Waals surface area contributed by atoms with Gasteiger partial charge in [0.05, 0.1) is 10.6 Å². The predicted molar refractivity (Wildman–Crippen MR) is 120 cm³/mol. The maximum atomic E-state index is 13.0. The van der Waals surface area contributed by atoms with Crippen molar-refractivity contribution in [1.82, 2.24) is 19.5 Å². The van der Waals surface area contributed by atoms with Gasteiger partial charge in [0.25, 0.3) is 5.91 Å². The van der Waals surface area contributed by atoms with E-state index in [0.717, 1.165) is 40.1 Å². The molecule has 1 amide bonds. The topological polar surface area (TPSA) is 89.8 Å². The van der Waals surface area contributed by atoms with Gasteiger partial charge in [0.15, 0.2) is 5.82 Å². The number of aromatic nitrogens is 4. The van der Waals surface area contributed by atoms with Crippen LogP contribution in [-0.2, 0) is 7.05 Å². The van der Waals surface area contributed by atoms with Gasteiger partial charge in [0, 0.05) is 42.0 Å². The SMILES string of the molecule is Cc1nc(C2CC2)nc2sc(C(=O)Nc3ccc(C(=O)c4nccn4C)cc3)c(C)c12. The summed E-state index contributed by atoms with van der Waals surface area (Å²) >= 11 is 1.40. The first kappa shape index (κ1) is 19.6. The highest BCUT2D eigenvalue weighted by atomic mass is 32.1. The zero-order valence-corrected chi connectivity index (χ0v) is 18.3. The Kier molecular flexibility index (Phi) is 4.66. The van der Waals surface area contributed by atoms with Gasteiger partial charge in [-0.3, -0.25) is 9.59 Å². The smallest absolute Gasteiger partial charge is 0.266 e. The number of nitrogens with zero attached hydrogens (tertiary/aromatic N) is 4. The van der Waals surface area contributed by atoms with Crippen LogP contribution in [0.2, 0.25) is 0 Å². The molecule has 7 nitrogen and oxygen atoms in total. The summed E-state index contributed by atoms with van der Waals surface area (Å²) in [5, 5.41) is 3.90. The van der Waals surface area contributed by atoms with E-state index in [1.807, 2.05) is 13.8 Å². The van der Waals surface area contributed by atoms with Gasteiger partial charge in [-0.1, -0.05) is 0 Å². The molecule has 156 valence electrons. The third kappa shape index (κ3) is 3.53. The van der Waals surface area contributed by atoms with Gasteiger partial charge < -0.3 is 9.88 Å². The molecular weight excluding hydrogens is 410 g/mol. The molecule has 1 aliphatic rings. The third-order valence-corrected chi connectivity index (χ3v) is 6.75. The monoisotopic (exact) mass is 431 g/mol. The minimum absolute atomic E-state index is 0.161. The number of hydrogen-bond acceptors (Lipinski definition) is 6. The summed E-state index contributed by atoms with van der Waals surface area (Å²) in [4.78, 5) is 40.5. The molecule has 0 spiro atoms. The van der Waals surface area contributed by atoms with Gasteiger partial charge >= 0.3 is 0 Å². The number of aryl methyl sites for hydroxylation is 3. The second-order valence-corrected chi connectivity index (χ2v) is 8.90. The number of benzene rings is 1. The van der Waals surface area contributed by atoms with Crippen LogP contribution in [0.3, 0.4) is 0 Å². The number of thiophene rings is 1. The van der Waals surface area contributed by atoms with Crippen molar-refractivity contribution in [2.75, 3.05) is 5.32 Å². The number of carbonyl (C=O) groups excluding carboxylic acids is 2. The predicted octanol–water partition coefficient (Wildman–Crippen LogP) is 4.40. The molecule has 3 aromatic heterocycles. The molecule has 0 atom stereocenters. The lowest BCUT2D eigenvalue weighted by molar-refractivity contribution is 0.102.